The lowest BCUT2D eigenvalue weighted by atomic mass is 9.98. The quantitative estimate of drug-likeness (QED) is 0.486. The van der Waals surface area contributed by atoms with E-state index in [1.807, 2.05) is 0 Å². The summed E-state index contributed by atoms with van der Waals surface area (Å²) in [5.74, 6) is -0.738. The molecule has 0 N–H and O–H groups in total. The molecular formula is C16H20N2O4. The molecule has 0 spiro atoms. The summed E-state index contributed by atoms with van der Waals surface area (Å²) in [5, 5.41) is 11.2. The third kappa shape index (κ3) is 3.50. The number of nitro groups is 1. The van der Waals surface area contributed by atoms with Crippen molar-refractivity contribution in [2.75, 3.05) is 13.1 Å². The van der Waals surface area contributed by atoms with E-state index in [2.05, 4.69) is 0 Å². The van der Waals surface area contributed by atoms with Gasteiger partial charge in [0.05, 0.1) is 4.92 Å². The van der Waals surface area contributed by atoms with Gasteiger partial charge in [0.2, 0.25) is 0 Å². The third-order valence-electron chi connectivity index (χ3n) is 4.06. The van der Waals surface area contributed by atoms with Crippen LogP contribution in [0, 0.1) is 10.1 Å². The monoisotopic (exact) mass is 304 g/mol. The van der Waals surface area contributed by atoms with Crippen molar-refractivity contribution < 1.29 is 14.5 Å². The van der Waals surface area contributed by atoms with Crippen molar-refractivity contribution in [3.63, 3.8) is 0 Å². The number of hydrogen-bond acceptors (Lipinski definition) is 4. The van der Waals surface area contributed by atoms with Crippen molar-refractivity contribution >= 4 is 17.9 Å². The fourth-order valence-corrected chi connectivity index (χ4v) is 2.75. The Kier molecular flexibility index (Phi) is 5.25. The summed E-state index contributed by atoms with van der Waals surface area (Å²) in [6.07, 6.45) is 4.82. The summed E-state index contributed by atoms with van der Waals surface area (Å²) in [6.45, 7) is 2.99. The number of aldehydes is 1. The minimum absolute atomic E-state index is 0.166. The van der Waals surface area contributed by atoms with Gasteiger partial charge in [-0.25, -0.2) is 0 Å². The Morgan fingerprint density at radius 2 is 1.91 bits per heavy atom. The minimum Gasteiger partial charge on any atom is -0.339 e. The van der Waals surface area contributed by atoms with Crippen LogP contribution in [-0.4, -0.2) is 35.1 Å². The van der Waals surface area contributed by atoms with Crippen molar-refractivity contribution in [3.8, 4) is 0 Å². The molecule has 1 aromatic carbocycles. The third-order valence-corrected chi connectivity index (χ3v) is 4.06. The Hall–Kier alpha value is -2.24. The molecule has 0 aromatic heterocycles. The fraction of sp³-hybridized carbons (Fsp3) is 0.500. The van der Waals surface area contributed by atoms with Crippen LogP contribution in [0.25, 0.3) is 0 Å². The molecule has 1 saturated heterocycles. The molecule has 118 valence electrons. The molecule has 1 aliphatic rings. The van der Waals surface area contributed by atoms with Crippen molar-refractivity contribution in [1.29, 1.82) is 0 Å². The lowest BCUT2D eigenvalue weighted by Crippen LogP contribution is -2.31. The first-order chi connectivity index (χ1) is 10.5. The maximum Gasteiger partial charge on any atom is 0.274 e. The standard InChI is InChI=1S/C16H20N2O4/c1-12(11-19)14-7-6-13(10-15(14)18(21)22)16(20)17-8-4-2-3-5-9-17/h6-7,10-12H,2-5,8-9H2,1H3. The minimum atomic E-state index is -0.567. The van der Waals surface area contributed by atoms with E-state index < -0.39 is 10.8 Å². The first-order valence-corrected chi connectivity index (χ1v) is 7.57. The van der Waals surface area contributed by atoms with Crippen LogP contribution in [0.2, 0.25) is 0 Å². The number of carbonyl (C=O) groups is 2. The van der Waals surface area contributed by atoms with Gasteiger partial charge in [-0.3, -0.25) is 14.9 Å². The second kappa shape index (κ2) is 7.15. The molecule has 1 heterocycles. The van der Waals surface area contributed by atoms with E-state index in [4.69, 9.17) is 0 Å². The highest BCUT2D eigenvalue weighted by Crippen LogP contribution is 2.27. The maximum atomic E-state index is 12.5. The molecule has 6 heteroatoms. The van der Waals surface area contributed by atoms with Gasteiger partial charge in [0.25, 0.3) is 11.6 Å². The molecule has 1 fully saturated rings. The number of likely N-dealkylation sites (tertiary alicyclic amines) is 1. The molecule has 0 aliphatic carbocycles. The summed E-state index contributed by atoms with van der Waals surface area (Å²) in [6, 6.07) is 4.39. The number of benzene rings is 1. The molecule has 6 nitrogen and oxygen atoms in total. The van der Waals surface area contributed by atoms with Crippen LogP contribution in [-0.2, 0) is 4.79 Å². The van der Waals surface area contributed by atoms with Gasteiger partial charge in [0, 0.05) is 36.2 Å². The van der Waals surface area contributed by atoms with E-state index in [1.165, 1.54) is 12.1 Å². The molecular weight excluding hydrogens is 284 g/mol. The zero-order valence-corrected chi connectivity index (χ0v) is 12.7. The Bertz CT molecular complexity index is 578. The van der Waals surface area contributed by atoms with Crippen LogP contribution in [0.3, 0.4) is 0 Å². The van der Waals surface area contributed by atoms with E-state index in [-0.39, 0.29) is 11.6 Å². The van der Waals surface area contributed by atoms with E-state index in [9.17, 15) is 19.7 Å². The second-order valence-corrected chi connectivity index (χ2v) is 5.66. The van der Waals surface area contributed by atoms with Gasteiger partial charge in [-0.05, 0) is 18.9 Å². The van der Waals surface area contributed by atoms with E-state index >= 15 is 0 Å². The Morgan fingerprint density at radius 3 is 2.45 bits per heavy atom. The van der Waals surface area contributed by atoms with Gasteiger partial charge in [0.15, 0.2) is 0 Å². The normalized spacial score (nSPS) is 16.7. The summed E-state index contributed by atoms with van der Waals surface area (Å²) in [7, 11) is 0. The highest BCUT2D eigenvalue weighted by Gasteiger charge is 2.23. The van der Waals surface area contributed by atoms with Gasteiger partial charge in [-0.2, -0.15) is 0 Å². The van der Waals surface area contributed by atoms with Crippen LogP contribution in [0.15, 0.2) is 18.2 Å². The van der Waals surface area contributed by atoms with E-state index in [1.54, 1.807) is 17.9 Å². The van der Waals surface area contributed by atoms with Crippen molar-refractivity contribution in [2.45, 2.75) is 38.5 Å². The average Bonchev–Trinajstić information content (AvgIpc) is 2.82. The van der Waals surface area contributed by atoms with Crippen LogP contribution >= 0.6 is 0 Å². The highest BCUT2D eigenvalue weighted by atomic mass is 16.6. The average molecular weight is 304 g/mol. The molecule has 0 saturated carbocycles. The first kappa shape index (κ1) is 16.1. The number of rotatable bonds is 4. The van der Waals surface area contributed by atoms with E-state index in [0.717, 1.165) is 25.7 Å². The molecule has 2 rings (SSSR count). The highest BCUT2D eigenvalue weighted by molar-refractivity contribution is 5.95. The van der Waals surface area contributed by atoms with Gasteiger partial charge in [-0.15, -0.1) is 0 Å². The van der Waals surface area contributed by atoms with E-state index in [0.29, 0.717) is 30.5 Å². The molecule has 1 aromatic rings. The number of nitrogens with zero attached hydrogens (tertiary/aromatic N) is 2. The lowest BCUT2D eigenvalue weighted by Gasteiger charge is -2.20. The molecule has 1 unspecified atom stereocenters. The van der Waals surface area contributed by atoms with Gasteiger partial charge >= 0.3 is 0 Å². The van der Waals surface area contributed by atoms with Crippen molar-refractivity contribution in [3.05, 3.63) is 39.4 Å². The van der Waals surface area contributed by atoms with Crippen LogP contribution in [0.5, 0.6) is 0 Å². The SMILES string of the molecule is CC(C=O)c1ccc(C(=O)N2CCCCCC2)cc1[N+](=O)[O-]. The number of amides is 1. The lowest BCUT2D eigenvalue weighted by molar-refractivity contribution is -0.385. The number of hydrogen-bond donors (Lipinski definition) is 0. The van der Waals surface area contributed by atoms with Crippen molar-refractivity contribution in [2.24, 2.45) is 0 Å². The Labute approximate surface area is 129 Å². The summed E-state index contributed by atoms with van der Waals surface area (Å²) in [5.41, 5.74) is 0.489. The molecule has 1 atom stereocenters. The first-order valence-electron chi connectivity index (χ1n) is 7.57. The predicted molar refractivity (Wildman–Crippen MR) is 81.9 cm³/mol. The van der Waals surface area contributed by atoms with Gasteiger partial charge in [-0.1, -0.05) is 25.8 Å². The smallest absolute Gasteiger partial charge is 0.274 e. The van der Waals surface area contributed by atoms with Gasteiger partial charge in [0.1, 0.15) is 6.29 Å². The number of nitro benzene ring substituents is 1. The topological polar surface area (TPSA) is 80.5 Å². The summed E-state index contributed by atoms with van der Waals surface area (Å²) >= 11 is 0. The van der Waals surface area contributed by atoms with Gasteiger partial charge < -0.3 is 9.69 Å². The van der Waals surface area contributed by atoms with Crippen LogP contribution < -0.4 is 0 Å². The zero-order chi connectivity index (χ0) is 16.1. The molecule has 1 aliphatic heterocycles. The second-order valence-electron chi connectivity index (χ2n) is 5.66. The van der Waals surface area contributed by atoms with Crippen LogP contribution in [0.1, 0.15) is 54.4 Å². The van der Waals surface area contributed by atoms with Crippen LogP contribution in [0.4, 0.5) is 5.69 Å². The summed E-state index contributed by atoms with van der Waals surface area (Å²) in [4.78, 5) is 35.8. The zero-order valence-electron chi connectivity index (χ0n) is 12.7. The molecule has 0 bridgehead atoms. The largest absolute Gasteiger partial charge is 0.339 e. The molecule has 1 amide bonds. The summed E-state index contributed by atoms with van der Waals surface area (Å²) < 4.78 is 0. The molecule has 22 heavy (non-hydrogen) atoms. The Morgan fingerprint density at radius 1 is 1.27 bits per heavy atom. The maximum absolute atomic E-state index is 12.5. The fourth-order valence-electron chi connectivity index (χ4n) is 2.75. The predicted octanol–water partition coefficient (Wildman–Crippen LogP) is 2.91. The Balaban J connectivity index is 2.31. The molecule has 0 radical (unpaired) electrons. The van der Waals surface area contributed by atoms with Crippen molar-refractivity contribution in [1.82, 2.24) is 4.90 Å². The number of carbonyl (C=O) groups excluding carboxylic acids is 2.